The number of rotatable bonds is 5. The van der Waals surface area contributed by atoms with Crippen molar-refractivity contribution in [2.75, 3.05) is 7.11 Å². The average molecular weight is 327 g/mol. The molecular weight excluding hydrogens is 306 g/mol. The summed E-state index contributed by atoms with van der Waals surface area (Å²) in [4.78, 5) is 12.2. The molecule has 0 aliphatic rings. The molecule has 0 bridgehead atoms. The largest absolute Gasteiger partial charge is 0.377 e. The van der Waals surface area contributed by atoms with Crippen molar-refractivity contribution in [1.82, 2.24) is 10.5 Å². The van der Waals surface area contributed by atoms with Gasteiger partial charge in [-0.05, 0) is 16.5 Å². The second-order valence-corrected chi connectivity index (χ2v) is 6.52. The Morgan fingerprint density at radius 3 is 2.58 bits per heavy atom. The van der Waals surface area contributed by atoms with Gasteiger partial charge in [0.25, 0.3) is 5.91 Å². The molecule has 0 radical (unpaired) electrons. The van der Waals surface area contributed by atoms with Gasteiger partial charge >= 0.3 is 0 Å². The van der Waals surface area contributed by atoms with Crippen LogP contribution in [0.25, 0.3) is 0 Å². The number of ether oxygens (including phenoxy) is 1. The summed E-state index contributed by atoms with van der Waals surface area (Å²) in [7, 11) is 1.52. The van der Waals surface area contributed by atoms with E-state index in [4.69, 9.17) is 9.26 Å². The zero-order valence-corrected chi connectivity index (χ0v) is 14.3. The summed E-state index contributed by atoms with van der Waals surface area (Å²) in [5, 5.41) is 15.7. The number of aromatic nitrogens is 1. The first kappa shape index (κ1) is 17.7. The number of carbonyl (C=O) groups excluding carboxylic acids is 1. The monoisotopic (exact) mass is 327 g/mol. The summed E-state index contributed by atoms with van der Waals surface area (Å²) < 4.78 is 9.89. The molecule has 0 aliphatic heterocycles. The first-order valence-electron chi connectivity index (χ1n) is 7.60. The van der Waals surface area contributed by atoms with Crippen LogP contribution >= 0.6 is 0 Å². The second-order valence-electron chi connectivity index (χ2n) is 6.52. The normalized spacial score (nSPS) is 12.5. The number of amides is 1. The lowest BCUT2D eigenvalue weighted by atomic mass is 9.86. The molecule has 1 atom stereocenters. The Kier molecular flexibility index (Phi) is 5.37. The van der Waals surface area contributed by atoms with Gasteiger partial charge in [0, 0.05) is 13.2 Å². The van der Waals surface area contributed by atoms with Gasteiger partial charge in [0.1, 0.15) is 12.6 Å². The standard InChI is InChI=1S/C18H21N3O3/c1-18(2,3)13-7-5-12(6-8-13)16(10-19)20-17(22)15-9-14(11-23-4)24-21-15/h5-9,16H,11H2,1-4H3,(H,20,22)/t16-/m1/s1. The molecule has 6 heteroatoms. The molecular formula is C18H21N3O3. The number of nitriles is 1. The highest BCUT2D eigenvalue weighted by atomic mass is 16.5. The van der Waals surface area contributed by atoms with Crippen LogP contribution in [0.1, 0.15) is 54.2 Å². The van der Waals surface area contributed by atoms with Gasteiger partial charge in [-0.1, -0.05) is 50.2 Å². The SMILES string of the molecule is COCc1cc(C(=O)N[C@H](C#N)c2ccc(C(C)(C)C)cc2)no1. The molecule has 1 aromatic heterocycles. The molecule has 0 unspecified atom stereocenters. The zero-order valence-electron chi connectivity index (χ0n) is 14.3. The van der Waals surface area contributed by atoms with Crippen LogP contribution in [-0.2, 0) is 16.8 Å². The van der Waals surface area contributed by atoms with Gasteiger partial charge in [0.2, 0.25) is 0 Å². The van der Waals surface area contributed by atoms with Crippen molar-refractivity contribution in [2.24, 2.45) is 0 Å². The number of hydrogen-bond acceptors (Lipinski definition) is 5. The minimum absolute atomic E-state index is 0.0301. The fourth-order valence-corrected chi connectivity index (χ4v) is 2.20. The topological polar surface area (TPSA) is 88.1 Å². The van der Waals surface area contributed by atoms with E-state index in [9.17, 15) is 10.1 Å². The van der Waals surface area contributed by atoms with Crippen molar-refractivity contribution < 1.29 is 14.1 Å². The number of methoxy groups -OCH3 is 1. The number of benzene rings is 1. The number of hydrogen-bond donors (Lipinski definition) is 1. The van der Waals surface area contributed by atoms with E-state index in [1.54, 1.807) is 0 Å². The molecule has 126 valence electrons. The van der Waals surface area contributed by atoms with Gasteiger partial charge in [-0.25, -0.2) is 0 Å². The van der Waals surface area contributed by atoms with Crippen LogP contribution in [0, 0.1) is 11.3 Å². The number of nitrogens with one attached hydrogen (secondary N) is 1. The molecule has 2 rings (SSSR count). The fraction of sp³-hybridized carbons (Fsp3) is 0.389. The maximum Gasteiger partial charge on any atom is 0.274 e. The smallest absolute Gasteiger partial charge is 0.274 e. The Bertz CT molecular complexity index is 736. The summed E-state index contributed by atoms with van der Waals surface area (Å²) >= 11 is 0. The lowest BCUT2D eigenvalue weighted by Crippen LogP contribution is -2.28. The Labute approximate surface area is 141 Å². The molecule has 1 amide bonds. The summed E-state index contributed by atoms with van der Waals surface area (Å²) in [6.07, 6.45) is 0. The fourth-order valence-electron chi connectivity index (χ4n) is 2.20. The minimum Gasteiger partial charge on any atom is -0.377 e. The van der Waals surface area contributed by atoms with Crippen LogP contribution in [0.4, 0.5) is 0 Å². The van der Waals surface area contributed by atoms with Gasteiger partial charge in [0.15, 0.2) is 11.5 Å². The van der Waals surface area contributed by atoms with Gasteiger partial charge in [-0.3, -0.25) is 4.79 Å². The van der Waals surface area contributed by atoms with E-state index in [1.165, 1.54) is 13.2 Å². The number of carbonyl (C=O) groups is 1. The molecule has 1 aromatic carbocycles. The van der Waals surface area contributed by atoms with E-state index >= 15 is 0 Å². The lowest BCUT2D eigenvalue weighted by Gasteiger charge is -2.20. The predicted molar refractivity (Wildman–Crippen MR) is 88.2 cm³/mol. The summed E-state index contributed by atoms with van der Waals surface area (Å²) in [5.41, 5.74) is 2.03. The van der Waals surface area contributed by atoms with E-state index in [0.717, 1.165) is 11.1 Å². The Morgan fingerprint density at radius 1 is 1.38 bits per heavy atom. The van der Waals surface area contributed by atoms with Crippen LogP contribution in [0.15, 0.2) is 34.9 Å². The Hall–Kier alpha value is -2.65. The number of nitrogens with zero attached hydrogens (tertiary/aromatic N) is 2. The first-order chi connectivity index (χ1) is 11.3. The second kappa shape index (κ2) is 7.28. The molecule has 1 N–H and O–H groups in total. The zero-order chi connectivity index (χ0) is 17.7. The maximum atomic E-state index is 12.2. The van der Waals surface area contributed by atoms with Crippen LogP contribution in [-0.4, -0.2) is 18.2 Å². The van der Waals surface area contributed by atoms with E-state index in [-0.39, 0.29) is 17.7 Å². The predicted octanol–water partition coefficient (Wildman–Crippen LogP) is 3.11. The minimum atomic E-state index is -0.755. The molecule has 0 spiro atoms. The molecule has 1 heterocycles. The van der Waals surface area contributed by atoms with E-state index < -0.39 is 11.9 Å². The van der Waals surface area contributed by atoms with E-state index in [2.05, 4.69) is 37.3 Å². The first-order valence-corrected chi connectivity index (χ1v) is 7.60. The third kappa shape index (κ3) is 4.21. The van der Waals surface area contributed by atoms with Gasteiger partial charge in [0.05, 0.1) is 6.07 Å². The van der Waals surface area contributed by atoms with Crippen LogP contribution in [0.2, 0.25) is 0 Å². The molecule has 6 nitrogen and oxygen atoms in total. The van der Waals surface area contributed by atoms with Crippen molar-refractivity contribution in [3.63, 3.8) is 0 Å². The third-order valence-electron chi connectivity index (χ3n) is 3.59. The lowest BCUT2D eigenvalue weighted by molar-refractivity contribution is 0.0935. The van der Waals surface area contributed by atoms with Crippen molar-refractivity contribution >= 4 is 5.91 Å². The highest BCUT2D eigenvalue weighted by molar-refractivity contribution is 5.92. The Balaban J connectivity index is 2.11. The van der Waals surface area contributed by atoms with Gasteiger partial charge in [-0.2, -0.15) is 5.26 Å². The Morgan fingerprint density at radius 2 is 2.04 bits per heavy atom. The van der Waals surface area contributed by atoms with Crippen LogP contribution in [0.5, 0.6) is 0 Å². The van der Waals surface area contributed by atoms with Gasteiger partial charge < -0.3 is 14.6 Å². The maximum absolute atomic E-state index is 12.2. The highest BCUT2D eigenvalue weighted by Crippen LogP contribution is 2.24. The molecule has 0 saturated heterocycles. The van der Waals surface area contributed by atoms with Crippen molar-refractivity contribution in [3.05, 3.63) is 52.9 Å². The molecule has 0 fully saturated rings. The molecule has 0 saturated carbocycles. The molecule has 2 aromatic rings. The van der Waals surface area contributed by atoms with Crippen LogP contribution < -0.4 is 5.32 Å². The summed E-state index contributed by atoms with van der Waals surface area (Å²) in [6, 6.07) is 10.5. The quantitative estimate of drug-likeness (QED) is 0.911. The van der Waals surface area contributed by atoms with E-state index in [1.807, 2.05) is 24.3 Å². The van der Waals surface area contributed by atoms with Crippen molar-refractivity contribution in [2.45, 2.75) is 38.8 Å². The van der Waals surface area contributed by atoms with Crippen molar-refractivity contribution in [1.29, 1.82) is 5.26 Å². The van der Waals surface area contributed by atoms with Crippen molar-refractivity contribution in [3.8, 4) is 6.07 Å². The van der Waals surface area contributed by atoms with Gasteiger partial charge in [-0.15, -0.1) is 0 Å². The highest BCUT2D eigenvalue weighted by Gasteiger charge is 2.19. The average Bonchev–Trinajstić information content (AvgIpc) is 3.01. The summed E-state index contributed by atoms with van der Waals surface area (Å²) in [6.45, 7) is 6.59. The van der Waals surface area contributed by atoms with E-state index in [0.29, 0.717) is 5.76 Å². The van der Waals surface area contributed by atoms with Crippen LogP contribution in [0.3, 0.4) is 0 Å². The third-order valence-corrected chi connectivity index (χ3v) is 3.59. The molecule has 24 heavy (non-hydrogen) atoms. The molecule has 0 aliphatic carbocycles. The summed E-state index contributed by atoms with van der Waals surface area (Å²) in [5.74, 6) is -0.0155.